The molecule has 4 nitrogen and oxygen atoms in total. The predicted octanol–water partition coefficient (Wildman–Crippen LogP) is 4.36. The molecule has 3 rings (SSSR count). The zero-order valence-corrected chi connectivity index (χ0v) is 15.8. The van der Waals surface area contributed by atoms with Crippen molar-refractivity contribution in [2.75, 3.05) is 7.05 Å². The average molecular weight is 359 g/mol. The second-order valence-electron chi connectivity index (χ2n) is 6.81. The van der Waals surface area contributed by atoms with Gasteiger partial charge in [0.2, 0.25) is 5.91 Å². The first-order chi connectivity index (χ1) is 12.1. The molecule has 25 heavy (non-hydrogen) atoms. The van der Waals surface area contributed by atoms with E-state index < -0.39 is 0 Å². The Morgan fingerprint density at radius 2 is 1.96 bits per heavy atom. The Morgan fingerprint density at radius 1 is 1.24 bits per heavy atom. The van der Waals surface area contributed by atoms with Gasteiger partial charge in [-0.25, -0.2) is 4.98 Å². The molecule has 0 atom stereocenters. The molecule has 0 radical (unpaired) electrons. The van der Waals surface area contributed by atoms with Gasteiger partial charge in [0, 0.05) is 18.5 Å². The highest BCUT2D eigenvalue weighted by molar-refractivity contribution is 7.09. The minimum absolute atomic E-state index is 0.170. The lowest BCUT2D eigenvalue weighted by molar-refractivity contribution is -0.131. The van der Waals surface area contributed by atoms with Gasteiger partial charge in [0.1, 0.15) is 17.4 Å². The molecule has 2 aromatic rings. The molecule has 1 fully saturated rings. The standard InChI is InChI=1S/C20H26N2O2S/c1-15-8-10-18(11-9-15)24-13-19-21-16(14-25-19)12-20(23)22(2)17-6-4-3-5-7-17/h8-11,14,17H,3-7,12-13H2,1-2H3. The van der Waals surface area contributed by atoms with Gasteiger partial charge >= 0.3 is 0 Å². The van der Waals surface area contributed by atoms with Gasteiger partial charge in [0.25, 0.3) is 0 Å². The Balaban J connectivity index is 1.50. The first kappa shape index (κ1) is 17.9. The summed E-state index contributed by atoms with van der Waals surface area (Å²) in [6.07, 6.45) is 6.42. The van der Waals surface area contributed by atoms with E-state index in [1.54, 1.807) is 11.3 Å². The van der Waals surface area contributed by atoms with Crippen LogP contribution in [0.1, 0.15) is 48.4 Å². The SMILES string of the molecule is Cc1ccc(OCc2nc(CC(=O)N(C)C3CCCCC3)cs2)cc1. The van der Waals surface area contributed by atoms with E-state index in [1.165, 1.54) is 24.8 Å². The van der Waals surface area contributed by atoms with Gasteiger partial charge in [-0.05, 0) is 31.9 Å². The Morgan fingerprint density at radius 3 is 2.68 bits per heavy atom. The number of likely N-dealkylation sites (N-methyl/N-ethyl adjacent to an activating group) is 1. The van der Waals surface area contributed by atoms with Crippen molar-refractivity contribution in [3.05, 3.63) is 45.9 Å². The van der Waals surface area contributed by atoms with Crippen LogP contribution in [-0.4, -0.2) is 28.9 Å². The van der Waals surface area contributed by atoms with Crippen molar-refractivity contribution in [3.63, 3.8) is 0 Å². The lowest BCUT2D eigenvalue weighted by Gasteiger charge is -2.31. The van der Waals surface area contributed by atoms with Crippen LogP contribution < -0.4 is 4.74 Å². The third-order valence-corrected chi connectivity index (χ3v) is 5.70. The topological polar surface area (TPSA) is 42.4 Å². The summed E-state index contributed by atoms with van der Waals surface area (Å²) in [4.78, 5) is 19.0. The highest BCUT2D eigenvalue weighted by atomic mass is 32.1. The minimum Gasteiger partial charge on any atom is -0.486 e. The summed E-state index contributed by atoms with van der Waals surface area (Å²) in [7, 11) is 1.94. The van der Waals surface area contributed by atoms with E-state index in [4.69, 9.17) is 4.74 Å². The molecule has 1 aliphatic rings. The van der Waals surface area contributed by atoms with Crippen molar-refractivity contribution in [1.82, 2.24) is 9.88 Å². The van der Waals surface area contributed by atoms with Crippen LogP contribution in [-0.2, 0) is 17.8 Å². The van der Waals surface area contributed by atoms with Crippen LogP contribution in [0.25, 0.3) is 0 Å². The number of aryl methyl sites for hydroxylation is 1. The van der Waals surface area contributed by atoms with Crippen LogP contribution in [0.5, 0.6) is 5.75 Å². The maximum Gasteiger partial charge on any atom is 0.228 e. The number of ether oxygens (including phenoxy) is 1. The Kier molecular flexibility index (Phi) is 6.08. The molecule has 1 amide bonds. The second-order valence-corrected chi connectivity index (χ2v) is 7.75. The van der Waals surface area contributed by atoms with Crippen LogP contribution in [0.3, 0.4) is 0 Å². The van der Waals surface area contributed by atoms with E-state index in [0.717, 1.165) is 29.3 Å². The molecular weight excluding hydrogens is 332 g/mol. The molecule has 1 aromatic heterocycles. The molecule has 1 heterocycles. The fourth-order valence-corrected chi connectivity index (χ4v) is 3.93. The van der Waals surface area contributed by atoms with Crippen molar-refractivity contribution in [1.29, 1.82) is 0 Å². The van der Waals surface area contributed by atoms with Crippen LogP contribution in [0, 0.1) is 6.92 Å². The molecule has 0 bridgehead atoms. The number of carbonyl (C=O) groups excluding carboxylic acids is 1. The van der Waals surface area contributed by atoms with Gasteiger partial charge < -0.3 is 9.64 Å². The molecule has 0 aliphatic heterocycles. The summed E-state index contributed by atoms with van der Waals surface area (Å²) in [5, 5.41) is 2.88. The normalized spacial score (nSPS) is 15.1. The van der Waals surface area contributed by atoms with Crippen molar-refractivity contribution >= 4 is 17.2 Å². The largest absolute Gasteiger partial charge is 0.486 e. The third-order valence-electron chi connectivity index (χ3n) is 4.83. The van der Waals surface area contributed by atoms with Crippen LogP contribution in [0.4, 0.5) is 0 Å². The highest BCUT2D eigenvalue weighted by Crippen LogP contribution is 2.22. The Hall–Kier alpha value is -1.88. The quantitative estimate of drug-likeness (QED) is 0.770. The average Bonchev–Trinajstić information content (AvgIpc) is 3.08. The molecule has 1 aromatic carbocycles. The van der Waals surface area contributed by atoms with Crippen molar-refractivity contribution in [2.45, 2.75) is 58.1 Å². The molecule has 0 N–H and O–H groups in total. The van der Waals surface area contributed by atoms with E-state index >= 15 is 0 Å². The van der Waals surface area contributed by atoms with E-state index in [2.05, 4.69) is 11.9 Å². The monoisotopic (exact) mass is 358 g/mol. The fraction of sp³-hybridized carbons (Fsp3) is 0.500. The van der Waals surface area contributed by atoms with Crippen molar-refractivity contribution in [2.24, 2.45) is 0 Å². The Bertz CT molecular complexity index is 690. The molecule has 134 valence electrons. The number of nitrogens with zero attached hydrogens (tertiary/aromatic N) is 2. The summed E-state index contributed by atoms with van der Waals surface area (Å²) in [5.74, 6) is 1.01. The summed E-state index contributed by atoms with van der Waals surface area (Å²) >= 11 is 1.55. The number of aromatic nitrogens is 1. The second kappa shape index (κ2) is 8.48. The van der Waals surface area contributed by atoms with Gasteiger partial charge in [-0.3, -0.25) is 4.79 Å². The molecule has 1 saturated carbocycles. The first-order valence-corrected chi connectivity index (χ1v) is 9.88. The van der Waals surface area contributed by atoms with Crippen molar-refractivity contribution < 1.29 is 9.53 Å². The minimum atomic E-state index is 0.170. The summed E-state index contributed by atoms with van der Waals surface area (Å²) in [6.45, 7) is 2.50. The van der Waals surface area contributed by atoms with Gasteiger partial charge in [-0.1, -0.05) is 37.0 Å². The lowest BCUT2D eigenvalue weighted by Crippen LogP contribution is -2.39. The van der Waals surface area contributed by atoms with Gasteiger partial charge in [0.05, 0.1) is 12.1 Å². The molecular formula is C20H26N2O2S. The van der Waals surface area contributed by atoms with E-state index in [1.807, 2.05) is 41.6 Å². The van der Waals surface area contributed by atoms with E-state index in [-0.39, 0.29) is 5.91 Å². The van der Waals surface area contributed by atoms with E-state index in [0.29, 0.717) is 19.1 Å². The highest BCUT2D eigenvalue weighted by Gasteiger charge is 2.22. The summed E-state index contributed by atoms with van der Waals surface area (Å²) in [6, 6.07) is 8.40. The first-order valence-electron chi connectivity index (χ1n) is 9.00. The molecule has 1 aliphatic carbocycles. The number of hydrogen-bond donors (Lipinski definition) is 0. The summed E-state index contributed by atoms with van der Waals surface area (Å²) in [5.41, 5.74) is 2.06. The summed E-state index contributed by atoms with van der Waals surface area (Å²) < 4.78 is 5.76. The van der Waals surface area contributed by atoms with Gasteiger partial charge in [-0.2, -0.15) is 0 Å². The van der Waals surface area contributed by atoms with Crippen LogP contribution in [0.15, 0.2) is 29.6 Å². The number of amides is 1. The van der Waals surface area contributed by atoms with Crippen LogP contribution in [0.2, 0.25) is 0 Å². The number of benzene rings is 1. The molecule has 0 unspecified atom stereocenters. The maximum absolute atomic E-state index is 12.5. The van der Waals surface area contributed by atoms with Crippen molar-refractivity contribution in [3.8, 4) is 5.75 Å². The maximum atomic E-state index is 12.5. The number of rotatable bonds is 6. The van der Waals surface area contributed by atoms with E-state index in [9.17, 15) is 4.79 Å². The van der Waals surface area contributed by atoms with Crippen LogP contribution >= 0.6 is 11.3 Å². The lowest BCUT2D eigenvalue weighted by atomic mass is 9.94. The number of hydrogen-bond acceptors (Lipinski definition) is 4. The number of thiazole rings is 1. The zero-order valence-electron chi connectivity index (χ0n) is 15.0. The molecule has 5 heteroatoms. The third kappa shape index (κ3) is 5.05. The Labute approximate surface area is 153 Å². The van der Waals surface area contributed by atoms with Gasteiger partial charge in [-0.15, -0.1) is 11.3 Å². The smallest absolute Gasteiger partial charge is 0.228 e. The fourth-order valence-electron chi connectivity index (χ4n) is 3.23. The molecule has 0 spiro atoms. The van der Waals surface area contributed by atoms with Gasteiger partial charge in [0.15, 0.2) is 0 Å². The zero-order chi connectivity index (χ0) is 17.6. The molecule has 0 saturated heterocycles. The number of carbonyl (C=O) groups is 1. The predicted molar refractivity (Wildman–Crippen MR) is 101 cm³/mol.